The molecule has 0 bridgehead atoms. The van der Waals surface area contributed by atoms with Crippen LogP contribution in [0, 0.1) is 10.1 Å². The van der Waals surface area contributed by atoms with Gasteiger partial charge in [-0.2, -0.15) is 0 Å². The summed E-state index contributed by atoms with van der Waals surface area (Å²) in [6, 6.07) is 1.89. The van der Waals surface area contributed by atoms with Gasteiger partial charge in [-0.3, -0.25) is 15.1 Å². The highest BCUT2D eigenvalue weighted by atomic mass is 16.6. The van der Waals surface area contributed by atoms with Crippen LogP contribution in [-0.4, -0.2) is 15.9 Å². The van der Waals surface area contributed by atoms with Crippen molar-refractivity contribution in [1.82, 2.24) is 4.98 Å². The lowest BCUT2D eigenvalue weighted by molar-refractivity contribution is -0.384. The zero-order valence-corrected chi connectivity index (χ0v) is 11.1. The van der Waals surface area contributed by atoms with E-state index in [9.17, 15) is 10.1 Å². The van der Waals surface area contributed by atoms with Crippen LogP contribution in [0.4, 0.5) is 11.4 Å². The van der Waals surface area contributed by atoms with Gasteiger partial charge in [0, 0.05) is 12.2 Å². The summed E-state index contributed by atoms with van der Waals surface area (Å²) in [5, 5.41) is 14.0. The Hall–Kier alpha value is -1.65. The van der Waals surface area contributed by atoms with Gasteiger partial charge in [0.05, 0.1) is 4.92 Å². The third-order valence-corrected chi connectivity index (χ3v) is 2.89. The molecule has 0 saturated carbocycles. The number of nitro groups is 1. The summed E-state index contributed by atoms with van der Waals surface area (Å²) < 4.78 is 0. The number of hydrogen-bond acceptors (Lipinski definition) is 4. The van der Waals surface area contributed by atoms with E-state index in [-0.39, 0.29) is 11.7 Å². The number of hydrogen-bond donors (Lipinski definition) is 1. The fraction of sp³-hybridized carbons (Fsp3) is 0.615. The highest BCUT2D eigenvalue weighted by molar-refractivity contribution is 5.59. The Balaban J connectivity index is 2.48. The molecule has 0 amide bonds. The minimum atomic E-state index is -0.404. The van der Waals surface area contributed by atoms with Crippen LogP contribution in [0.5, 0.6) is 0 Å². The molecule has 0 radical (unpaired) electrons. The molecule has 1 atom stereocenters. The number of aromatic nitrogens is 1. The molecule has 0 spiro atoms. The number of unbranched alkanes of at least 4 members (excludes halogenated alkanes) is 3. The molecule has 1 aromatic heterocycles. The molecule has 0 aliphatic carbocycles. The number of rotatable bonds is 8. The molecule has 1 N–H and O–H groups in total. The fourth-order valence-corrected chi connectivity index (χ4v) is 1.87. The molecular formula is C13H21N3O2. The van der Waals surface area contributed by atoms with Crippen LogP contribution < -0.4 is 5.32 Å². The van der Waals surface area contributed by atoms with Crippen LogP contribution in [0.2, 0.25) is 0 Å². The maximum atomic E-state index is 10.8. The van der Waals surface area contributed by atoms with E-state index < -0.39 is 4.92 Å². The quantitative estimate of drug-likeness (QED) is 0.434. The van der Waals surface area contributed by atoms with E-state index in [1.165, 1.54) is 25.5 Å². The van der Waals surface area contributed by atoms with E-state index in [1.54, 1.807) is 12.3 Å². The lowest BCUT2D eigenvalue weighted by Gasteiger charge is -2.14. The van der Waals surface area contributed by atoms with Crippen LogP contribution >= 0.6 is 0 Å². The number of anilines is 1. The molecule has 1 unspecified atom stereocenters. The van der Waals surface area contributed by atoms with E-state index in [0.717, 1.165) is 12.8 Å². The van der Waals surface area contributed by atoms with Gasteiger partial charge in [-0.15, -0.1) is 0 Å². The average Bonchev–Trinajstić information content (AvgIpc) is 2.35. The van der Waals surface area contributed by atoms with Gasteiger partial charge < -0.3 is 5.32 Å². The van der Waals surface area contributed by atoms with Crippen LogP contribution in [0.25, 0.3) is 0 Å². The first-order valence-electron chi connectivity index (χ1n) is 6.50. The van der Waals surface area contributed by atoms with Crippen molar-refractivity contribution in [2.75, 3.05) is 5.32 Å². The molecule has 0 aromatic carbocycles. The lowest BCUT2D eigenvalue weighted by Crippen LogP contribution is -2.16. The van der Waals surface area contributed by atoms with E-state index in [4.69, 9.17) is 0 Å². The number of nitrogens with one attached hydrogen (secondary N) is 1. The molecule has 1 aromatic rings. The number of nitrogens with zero attached hydrogens (tertiary/aromatic N) is 2. The first-order chi connectivity index (χ1) is 8.65. The van der Waals surface area contributed by atoms with Crippen LogP contribution in [-0.2, 0) is 0 Å². The zero-order chi connectivity index (χ0) is 13.4. The summed E-state index contributed by atoms with van der Waals surface area (Å²) in [6.07, 6.45) is 8.73. The smallest absolute Gasteiger partial charge is 0.310 e. The van der Waals surface area contributed by atoms with Crippen LogP contribution in [0.3, 0.4) is 0 Å². The minimum absolute atomic E-state index is 0.0397. The standard InChI is InChI=1S/C13H21N3O2/c1-3-4-5-6-7-11(2)15-12-8-9-14-10-13(12)16(17)18/h8-11H,3-7H2,1-2H3,(H,14,15). The molecule has 0 fully saturated rings. The summed E-state index contributed by atoms with van der Waals surface area (Å²) in [4.78, 5) is 14.2. The maximum Gasteiger partial charge on any atom is 0.310 e. The van der Waals surface area contributed by atoms with E-state index in [0.29, 0.717) is 5.69 Å². The fourth-order valence-electron chi connectivity index (χ4n) is 1.87. The summed E-state index contributed by atoms with van der Waals surface area (Å²) in [6.45, 7) is 4.23. The van der Waals surface area contributed by atoms with Crippen molar-refractivity contribution in [3.8, 4) is 0 Å². The summed E-state index contributed by atoms with van der Waals surface area (Å²) >= 11 is 0. The second-order valence-electron chi connectivity index (χ2n) is 4.54. The molecule has 0 saturated heterocycles. The van der Waals surface area contributed by atoms with Crippen molar-refractivity contribution >= 4 is 11.4 Å². The molecule has 1 rings (SSSR count). The molecule has 100 valence electrons. The van der Waals surface area contributed by atoms with Gasteiger partial charge in [0.2, 0.25) is 0 Å². The molecule has 0 aliphatic heterocycles. The van der Waals surface area contributed by atoms with Crippen LogP contribution in [0.15, 0.2) is 18.5 Å². The predicted molar refractivity (Wildman–Crippen MR) is 72.7 cm³/mol. The van der Waals surface area contributed by atoms with Crippen LogP contribution in [0.1, 0.15) is 46.0 Å². The Bertz CT molecular complexity index is 382. The average molecular weight is 251 g/mol. The highest BCUT2D eigenvalue weighted by Gasteiger charge is 2.14. The van der Waals surface area contributed by atoms with Crippen molar-refractivity contribution in [3.05, 3.63) is 28.6 Å². The van der Waals surface area contributed by atoms with Gasteiger partial charge in [0.1, 0.15) is 11.9 Å². The molecule has 1 heterocycles. The van der Waals surface area contributed by atoms with Crippen molar-refractivity contribution in [1.29, 1.82) is 0 Å². The van der Waals surface area contributed by atoms with E-state index in [1.807, 2.05) is 0 Å². The normalized spacial score (nSPS) is 12.1. The third-order valence-electron chi connectivity index (χ3n) is 2.89. The summed E-state index contributed by atoms with van der Waals surface area (Å²) in [7, 11) is 0. The lowest BCUT2D eigenvalue weighted by atomic mass is 10.1. The van der Waals surface area contributed by atoms with Crippen molar-refractivity contribution in [3.63, 3.8) is 0 Å². The molecule has 5 nitrogen and oxygen atoms in total. The third kappa shape index (κ3) is 4.69. The first-order valence-corrected chi connectivity index (χ1v) is 6.50. The van der Waals surface area contributed by atoms with Gasteiger partial charge >= 0.3 is 5.69 Å². The topological polar surface area (TPSA) is 68.1 Å². The molecule has 18 heavy (non-hydrogen) atoms. The zero-order valence-electron chi connectivity index (χ0n) is 11.1. The minimum Gasteiger partial charge on any atom is -0.377 e. The second-order valence-corrected chi connectivity index (χ2v) is 4.54. The monoisotopic (exact) mass is 251 g/mol. The van der Waals surface area contributed by atoms with Crippen molar-refractivity contribution in [2.24, 2.45) is 0 Å². The first kappa shape index (κ1) is 14.4. The Morgan fingerprint density at radius 1 is 1.44 bits per heavy atom. The second kappa shape index (κ2) is 7.63. The van der Waals surface area contributed by atoms with Gasteiger partial charge in [-0.25, -0.2) is 0 Å². The van der Waals surface area contributed by atoms with Crippen molar-refractivity contribution in [2.45, 2.75) is 52.0 Å². The predicted octanol–water partition coefficient (Wildman–Crippen LogP) is 3.76. The SMILES string of the molecule is CCCCCCC(C)Nc1ccncc1[N+](=O)[O-]. The Morgan fingerprint density at radius 2 is 2.22 bits per heavy atom. The highest BCUT2D eigenvalue weighted by Crippen LogP contribution is 2.23. The molecule has 5 heteroatoms. The van der Waals surface area contributed by atoms with Crippen molar-refractivity contribution < 1.29 is 4.92 Å². The Labute approximate surface area is 108 Å². The Morgan fingerprint density at radius 3 is 2.89 bits per heavy atom. The van der Waals surface area contributed by atoms with Gasteiger partial charge in [-0.1, -0.05) is 32.6 Å². The van der Waals surface area contributed by atoms with Gasteiger partial charge in [-0.05, 0) is 19.4 Å². The number of pyridine rings is 1. The molecule has 0 aliphatic rings. The summed E-state index contributed by atoms with van der Waals surface area (Å²) in [5.41, 5.74) is 0.593. The molecular weight excluding hydrogens is 230 g/mol. The Kier molecular flexibility index (Phi) is 6.11. The van der Waals surface area contributed by atoms with Gasteiger partial charge in [0.25, 0.3) is 0 Å². The largest absolute Gasteiger partial charge is 0.377 e. The summed E-state index contributed by atoms with van der Waals surface area (Å²) in [5.74, 6) is 0. The van der Waals surface area contributed by atoms with E-state index >= 15 is 0 Å². The van der Waals surface area contributed by atoms with Gasteiger partial charge in [0.15, 0.2) is 0 Å². The van der Waals surface area contributed by atoms with E-state index in [2.05, 4.69) is 24.1 Å². The maximum absolute atomic E-state index is 10.8.